The predicted octanol–water partition coefficient (Wildman–Crippen LogP) is 5.20. The molecule has 0 bridgehead atoms. The van der Waals surface area contributed by atoms with E-state index in [1.54, 1.807) is 24.4 Å². The van der Waals surface area contributed by atoms with Gasteiger partial charge in [0.1, 0.15) is 5.75 Å². The van der Waals surface area contributed by atoms with Crippen LogP contribution in [0.15, 0.2) is 71.3 Å². The molecule has 4 aromatic rings. The molecule has 0 radical (unpaired) electrons. The second-order valence-electron chi connectivity index (χ2n) is 8.03. The van der Waals surface area contributed by atoms with E-state index < -0.39 is 0 Å². The van der Waals surface area contributed by atoms with Crippen molar-refractivity contribution in [1.29, 1.82) is 0 Å². The summed E-state index contributed by atoms with van der Waals surface area (Å²) in [6, 6.07) is 18.7. The molecule has 4 rings (SSSR count). The second kappa shape index (κ2) is 7.99. The molecular weight excluding hydrogens is 378 g/mol. The number of hydrogen-bond donors (Lipinski definition) is 1. The Balaban J connectivity index is 1.34. The zero-order chi connectivity index (χ0) is 21.1. The van der Waals surface area contributed by atoms with Gasteiger partial charge in [0.25, 0.3) is 5.91 Å². The molecule has 30 heavy (non-hydrogen) atoms. The quantitative estimate of drug-likeness (QED) is 0.497. The van der Waals surface area contributed by atoms with Crippen LogP contribution in [0.5, 0.6) is 5.75 Å². The van der Waals surface area contributed by atoms with Gasteiger partial charge in [0, 0.05) is 17.4 Å². The summed E-state index contributed by atoms with van der Waals surface area (Å²) in [5, 5.41) is 2.83. The van der Waals surface area contributed by atoms with Crippen molar-refractivity contribution in [3.05, 3.63) is 72.4 Å². The molecule has 1 N–H and O–H groups in total. The van der Waals surface area contributed by atoms with E-state index in [0.717, 1.165) is 5.56 Å². The smallest absolute Gasteiger partial charge is 0.262 e. The molecule has 0 aliphatic rings. The molecule has 0 aliphatic heterocycles. The number of amides is 1. The van der Waals surface area contributed by atoms with Crippen LogP contribution in [0.2, 0.25) is 0 Å². The summed E-state index contributed by atoms with van der Waals surface area (Å²) < 4.78 is 11.3. The average Bonchev–Trinajstić information content (AvgIpc) is 3.17. The molecule has 2 aromatic heterocycles. The minimum atomic E-state index is -0.228. The van der Waals surface area contributed by atoms with E-state index in [9.17, 15) is 4.79 Å². The number of aromatic nitrogens is 2. The number of carbonyl (C=O) groups is 1. The maximum Gasteiger partial charge on any atom is 0.262 e. The number of pyridine rings is 1. The van der Waals surface area contributed by atoms with Crippen LogP contribution in [0, 0.1) is 0 Å². The molecule has 0 aliphatic carbocycles. The van der Waals surface area contributed by atoms with Crippen molar-refractivity contribution in [2.24, 2.45) is 0 Å². The zero-order valence-corrected chi connectivity index (χ0v) is 17.2. The molecule has 2 aromatic carbocycles. The van der Waals surface area contributed by atoms with Crippen molar-refractivity contribution in [2.75, 3.05) is 11.9 Å². The fourth-order valence-electron chi connectivity index (χ4n) is 2.99. The maximum atomic E-state index is 12.2. The Hall–Kier alpha value is -3.67. The number of nitrogens with zero attached hydrogens (tertiary/aromatic N) is 2. The van der Waals surface area contributed by atoms with Gasteiger partial charge in [0.05, 0.1) is 0 Å². The lowest BCUT2D eigenvalue weighted by atomic mass is 9.87. The molecule has 6 heteroatoms. The highest BCUT2D eigenvalue weighted by molar-refractivity contribution is 5.92. The Morgan fingerprint density at radius 3 is 2.43 bits per heavy atom. The van der Waals surface area contributed by atoms with E-state index in [-0.39, 0.29) is 17.9 Å². The Morgan fingerprint density at radius 1 is 1.03 bits per heavy atom. The fraction of sp³-hybridized carbons (Fsp3) is 0.208. The first-order valence-corrected chi connectivity index (χ1v) is 9.74. The number of ether oxygens (including phenoxy) is 1. The highest BCUT2D eigenvalue weighted by atomic mass is 16.5. The van der Waals surface area contributed by atoms with E-state index in [4.69, 9.17) is 9.15 Å². The molecule has 6 nitrogen and oxygen atoms in total. The van der Waals surface area contributed by atoms with E-state index in [0.29, 0.717) is 28.6 Å². The van der Waals surface area contributed by atoms with Crippen LogP contribution >= 0.6 is 0 Å². The first kappa shape index (κ1) is 19.6. The van der Waals surface area contributed by atoms with Crippen LogP contribution in [-0.4, -0.2) is 22.5 Å². The van der Waals surface area contributed by atoms with E-state index >= 15 is 0 Å². The Labute approximate surface area is 174 Å². The lowest BCUT2D eigenvalue weighted by molar-refractivity contribution is -0.118. The van der Waals surface area contributed by atoms with Crippen molar-refractivity contribution >= 4 is 22.8 Å². The molecule has 2 heterocycles. The highest BCUT2D eigenvalue weighted by Crippen LogP contribution is 2.25. The SMILES string of the molecule is CC(C)(C)c1ccc(OCC(=O)Nc2ccc(-c3nc4ncccc4o3)cc2)cc1. The van der Waals surface area contributed by atoms with Crippen LogP contribution in [-0.2, 0) is 10.2 Å². The zero-order valence-electron chi connectivity index (χ0n) is 17.2. The molecule has 0 saturated carbocycles. The molecule has 0 atom stereocenters. The lowest BCUT2D eigenvalue weighted by Gasteiger charge is -2.19. The number of carbonyl (C=O) groups excluding carboxylic acids is 1. The minimum absolute atomic E-state index is 0.0621. The number of oxazole rings is 1. The van der Waals surface area contributed by atoms with Gasteiger partial charge in [-0.3, -0.25) is 4.79 Å². The number of anilines is 1. The Kier molecular flexibility index (Phi) is 5.23. The molecule has 1 amide bonds. The summed E-state index contributed by atoms with van der Waals surface area (Å²) in [5.74, 6) is 0.926. The Morgan fingerprint density at radius 2 is 1.77 bits per heavy atom. The normalized spacial score (nSPS) is 11.4. The van der Waals surface area contributed by atoms with Crippen molar-refractivity contribution in [1.82, 2.24) is 9.97 Å². The number of benzene rings is 2. The summed E-state index contributed by atoms with van der Waals surface area (Å²) in [6.07, 6.45) is 1.67. The third-order valence-electron chi connectivity index (χ3n) is 4.67. The van der Waals surface area contributed by atoms with E-state index in [1.807, 2.05) is 42.5 Å². The van der Waals surface area contributed by atoms with Crippen molar-refractivity contribution < 1.29 is 13.9 Å². The van der Waals surface area contributed by atoms with Gasteiger partial charge in [0.15, 0.2) is 17.8 Å². The molecular formula is C24H23N3O3. The largest absolute Gasteiger partial charge is 0.484 e. The van der Waals surface area contributed by atoms with Crippen LogP contribution in [0.25, 0.3) is 22.7 Å². The fourth-order valence-corrected chi connectivity index (χ4v) is 2.99. The van der Waals surface area contributed by atoms with E-state index in [1.165, 1.54) is 5.56 Å². The van der Waals surface area contributed by atoms with E-state index in [2.05, 4.69) is 36.1 Å². The summed E-state index contributed by atoms with van der Waals surface area (Å²) in [6.45, 7) is 6.40. The first-order chi connectivity index (χ1) is 14.4. The predicted molar refractivity (Wildman–Crippen MR) is 117 cm³/mol. The van der Waals surface area contributed by atoms with Crippen LogP contribution in [0.1, 0.15) is 26.3 Å². The average molecular weight is 401 g/mol. The summed E-state index contributed by atoms with van der Waals surface area (Å²) in [4.78, 5) is 20.8. The standard InChI is InChI=1S/C24H23N3O3/c1-24(2,3)17-8-12-19(13-9-17)29-15-21(28)26-18-10-6-16(7-11-18)23-27-22-20(30-23)5-4-14-25-22/h4-14H,15H2,1-3H3,(H,26,28). The summed E-state index contributed by atoms with van der Waals surface area (Å²) in [7, 11) is 0. The van der Waals surface area contributed by atoms with Crippen molar-refractivity contribution in [3.8, 4) is 17.2 Å². The maximum absolute atomic E-state index is 12.2. The number of hydrogen-bond acceptors (Lipinski definition) is 5. The minimum Gasteiger partial charge on any atom is -0.484 e. The monoisotopic (exact) mass is 401 g/mol. The van der Waals surface area contributed by atoms with Gasteiger partial charge in [-0.1, -0.05) is 32.9 Å². The van der Waals surface area contributed by atoms with Gasteiger partial charge in [-0.05, 0) is 59.5 Å². The molecule has 0 spiro atoms. The molecule has 0 fully saturated rings. The molecule has 0 saturated heterocycles. The van der Waals surface area contributed by atoms with Crippen molar-refractivity contribution in [2.45, 2.75) is 26.2 Å². The lowest BCUT2D eigenvalue weighted by Crippen LogP contribution is -2.20. The van der Waals surface area contributed by atoms with Gasteiger partial charge in [-0.2, -0.15) is 4.98 Å². The number of rotatable bonds is 5. The molecule has 0 unspecified atom stereocenters. The second-order valence-corrected chi connectivity index (χ2v) is 8.03. The summed E-state index contributed by atoms with van der Waals surface area (Å²) >= 11 is 0. The van der Waals surface area contributed by atoms with Crippen LogP contribution in [0.3, 0.4) is 0 Å². The van der Waals surface area contributed by atoms with Crippen LogP contribution in [0.4, 0.5) is 5.69 Å². The summed E-state index contributed by atoms with van der Waals surface area (Å²) in [5.41, 5.74) is 3.98. The number of nitrogens with one attached hydrogen (secondary N) is 1. The van der Waals surface area contributed by atoms with Gasteiger partial charge in [0.2, 0.25) is 5.89 Å². The highest BCUT2D eigenvalue weighted by Gasteiger charge is 2.13. The number of fused-ring (bicyclic) bond motifs is 1. The Bertz CT molecular complexity index is 1120. The third kappa shape index (κ3) is 4.49. The van der Waals surface area contributed by atoms with Crippen LogP contribution < -0.4 is 10.1 Å². The topological polar surface area (TPSA) is 77.2 Å². The van der Waals surface area contributed by atoms with Gasteiger partial charge >= 0.3 is 0 Å². The molecule has 152 valence electrons. The first-order valence-electron chi connectivity index (χ1n) is 9.74. The third-order valence-corrected chi connectivity index (χ3v) is 4.67. The van der Waals surface area contributed by atoms with Gasteiger partial charge in [-0.15, -0.1) is 0 Å². The van der Waals surface area contributed by atoms with Gasteiger partial charge < -0.3 is 14.5 Å². The van der Waals surface area contributed by atoms with Crippen molar-refractivity contribution in [3.63, 3.8) is 0 Å². The van der Waals surface area contributed by atoms with Gasteiger partial charge in [-0.25, -0.2) is 4.98 Å².